The highest BCUT2D eigenvalue weighted by atomic mass is 79.9. The summed E-state index contributed by atoms with van der Waals surface area (Å²) in [7, 11) is 0. The van der Waals surface area contributed by atoms with Crippen LogP contribution in [-0.4, -0.2) is 16.6 Å². The summed E-state index contributed by atoms with van der Waals surface area (Å²) in [6.07, 6.45) is 0. The summed E-state index contributed by atoms with van der Waals surface area (Å²) in [6, 6.07) is 7.51. The van der Waals surface area contributed by atoms with Gasteiger partial charge in [0.2, 0.25) is 0 Å². The molecule has 1 heterocycles. The summed E-state index contributed by atoms with van der Waals surface area (Å²) in [5.74, 6) is 1.17. The summed E-state index contributed by atoms with van der Waals surface area (Å²) in [6.45, 7) is 2.86. The molecule has 1 aromatic heterocycles. The predicted molar refractivity (Wildman–Crippen MR) is 87.5 cm³/mol. The molecular formula is C13H12Br2ClN3O. The monoisotopic (exact) mass is 419 g/mol. The van der Waals surface area contributed by atoms with Crippen LogP contribution in [0.4, 0.5) is 11.5 Å². The molecule has 0 amide bonds. The van der Waals surface area contributed by atoms with Crippen molar-refractivity contribution < 1.29 is 4.74 Å². The molecule has 0 unspecified atom stereocenters. The molecule has 0 spiro atoms. The summed E-state index contributed by atoms with van der Waals surface area (Å²) >= 11 is 12.9. The van der Waals surface area contributed by atoms with Crippen molar-refractivity contribution in [2.75, 3.05) is 11.9 Å². The average Bonchev–Trinajstić information content (AvgIpc) is 2.40. The van der Waals surface area contributed by atoms with Crippen LogP contribution < -0.4 is 5.32 Å². The maximum absolute atomic E-state index is 6.00. The first-order chi connectivity index (χ1) is 9.58. The molecule has 0 aliphatic heterocycles. The first kappa shape index (κ1) is 15.7. The van der Waals surface area contributed by atoms with E-state index in [1.54, 1.807) is 6.07 Å². The highest BCUT2D eigenvalue weighted by molar-refractivity contribution is 9.11. The molecule has 20 heavy (non-hydrogen) atoms. The average molecular weight is 422 g/mol. The fourth-order valence-electron chi connectivity index (χ4n) is 1.52. The largest absolute Gasteiger partial charge is 0.374 e. The lowest BCUT2D eigenvalue weighted by Crippen LogP contribution is -2.03. The first-order valence-corrected chi connectivity index (χ1v) is 7.88. The van der Waals surface area contributed by atoms with Crippen LogP contribution >= 0.6 is 43.5 Å². The molecule has 4 nitrogen and oxygen atoms in total. The first-order valence-electron chi connectivity index (χ1n) is 5.91. The van der Waals surface area contributed by atoms with Gasteiger partial charge in [0.15, 0.2) is 5.82 Å². The fraction of sp³-hybridized carbons (Fsp3) is 0.231. The van der Waals surface area contributed by atoms with Gasteiger partial charge in [0.05, 0.1) is 5.69 Å². The lowest BCUT2D eigenvalue weighted by Gasteiger charge is -2.10. The molecule has 2 rings (SSSR count). The van der Waals surface area contributed by atoms with Gasteiger partial charge in [0.25, 0.3) is 0 Å². The van der Waals surface area contributed by atoms with Crippen molar-refractivity contribution in [2.45, 2.75) is 13.5 Å². The Morgan fingerprint density at radius 3 is 2.80 bits per heavy atom. The molecule has 106 valence electrons. The van der Waals surface area contributed by atoms with Gasteiger partial charge in [-0.05, 0) is 41.1 Å². The Bertz CT molecular complexity index is 610. The van der Waals surface area contributed by atoms with E-state index >= 15 is 0 Å². The smallest absolute Gasteiger partial charge is 0.158 e. The van der Waals surface area contributed by atoms with Crippen molar-refractivity contribution in [1.29, 1.82) is 0 Å². The second-order valence-electron chi connectivity index (χ2n) is 3.88. The van der Waals surface area contributed by atoms with Crippen molar-refractivity contribution in [3.63, 3.8) is 0 Å². The molecule has 0 saturated carbocycles. The quantitative estimate of drug-likeness (QED) is 0.695. The summed E-state index contributed by atoms with van der Waals surface area (Å²) in [5, 5.41) is 3.58. The maximum atomic E-state index is 6.00. The van der Waals surface area contributed by atoms with Crippen LogP contribution in [0.25, 0.3) is 0 Å². The van der Waals surface area contributed by atoms with E-state index in [4.69, 9.17) is 16.3 Å². The van der Waals surface area contributed by atoms with E-state index in [1.165, 1.54) is 0 Å². The summed E-state index contributed by atoms with van der Waals surface area (Å²) in [4.78, 5) is 8.49. The van der Waals surface area contributed by atoms with E-state index in [0.717, 1.165) is 14.6 Å². The molecule has 0 aliphatic rings. The Morgan fingerprint density at radius 2 is 2.05 bits per heavy atom. The number of hydrogen-bond acceptors (Lipinski definition) is 4. The van der Waals surface area contributed by atoms with Gasteiger partial charge >= 0.3 is 0 Å². The Morgan fingerprint density at radius 1 is 1.25 bits per heavy atom. The number of ether oxygens (including phenoxy) is 1. The van der Waals surface area contributed by atoms with E-state index in [2.05, 4.69) is 47.1 Å². The normalized spacial score (nSPS) is 10.6. The molecule has 2 aromatic rings. The van der Waals surface area contributed by atoms with Crippen LogP contribution in [0.15, 0.2) is 33.2 Å². The summed E-state index contributed by atoms with van der Waals surface area (Å²) < 4.78 is 7.20. The van der Waals surface area contributed by atoms with E-state index < -0.39 is 0 Å². The highest BCUT2D eigenvalue weighted by Crippen LogP contribution is 2.29. The topological polar surface area (TPSA) is 47.0 Å². The standard InChI is InChI=1S/C13H12Br2ClN3O/c1-2-20-7-13-18-11(16)6-12(19-13)17-10-5-8(14)3-4-9(10)15/h3-6H,2,7H2,1H3,(H,17,18,19). The number of nitrogens with zero attached hydrogens (tertiary/aromatic N) is 2. The van der Waals surface area contributed by atoms with Crippen molar-refractivity contribution in [3.8, 4) is 0 Å². The molecule has 1 aromatic carbocycles. The van der Waals surface area contributed by atoms with E-state index in [0.29, 0.717) is 30.0 Å². The van der Waals surface area contributed by atoms with E-state index in [9.17, 15) is 0 Å². The van der Waals surface area contributed by atoms with Crippen LogP contribution in [0, 0.1) is 0 Å². The lowest BCUT2D eigenvalue weighted by atomic mass is 10.3. The number of rotatable bonds is 5. The molecule has 0 aliphatic carbocycles. The van der Waals surface area contributed by atoms with E-state index in [-0.39, 0.29) is 0 Å². The van der Waals surface area contributed by atoms with Crippen molar-refractivity contribution in [2.24, 2.45) is 0 Å². The number of hydrogen-bond donors (Lipinski definition) is 1. The van der Waals surface area contributed by atoms with Crippen molar-refractivity contribution >= 4 is 55.0 Å². The van der Waals surface area contributed by atoms with Crippen LogP contribution in [0.2, 0.25) is 5.15 Å². The van der Waals surface area contributed by atoms with Gasteiger partial charge in [-0.2, -0.15) is 0 Å². The Balaban J connectivity index is 2.24. The third-order valence-electron chi connectivity index (χ3n) is 2.37. The number of benzene rings is 1. The van der Waals surface area contributed by atoms with E-state index in [1.807, 2.05) is 25.1 Å². The maximum Gasteiger partial charge on any atom is 0.158 e. The summed E-state index contributed by atoms with van der Waals surface area (Å²) in [5.41, 5.74) is 0.886. The Kier molecular flexibility index (Phi) is 5.77. The van der Waals surface area contributed by atoms with Gasteiger partial charge in [-0.3, -0.25) is 0 Å². The fourth-order valence-corrected chi connectivity index (χ4v) is 2.43. The third-order valence-corrected chi connectivity index (χ3v) is 3.75. The molecule has 7 heteroatoms. The van der Waals surface area contributed by atoms with Crippen molar-refractivity contribution in [1.82, 2.24) is 9.97 Å². The second-order valence-corrected chi connectivity index (χ2v) is 6.04. The molecule has 0 atom stereocenters. The number of halogens is 3. The van der Waals surface area contributed by atoms with Crippen LogP contribution in [-0.2, 0) is 11.3 Å². The SMILES string of the molecule is CCOCc1nc(Cl)cc(Nc2cc(Br)ccc2Br)n1. The van der Waals surface area contributed by atoms with Gasteiger partial charge in [0.1, 0.15) is 17.6 Å². The minimum absolute atomic E-state index is 0.339. The van der Waals surface area contributed by atoms with Gasteiger partial charge in [-0.25, -0.2) is 9.97 Å². The molecular weight excluding hydrogens is 409 g/mol. The molecule has 0 radical (unpaired) electrons. The number of nitrogens with one attached hydrogen (secondary N) is 1. The number of aromatic nitrogens is 2. The minimum atomic E-state index is 0.339. The zero-order valence-electron chi connectivity index (χ0n) is 10.7. The van der Waals surface area contributed by atoms with Crippen LogP contribution in [0.3, 0.4) is 0 Å². The third kappa shape index (κ3) is 4.41. The van der Waals surface area contributed by atoms with Gasteiger partial charge in [-0.15, -0.1) is 0 Å². The van der Waals surface area contributed by atoms with Gasteiger partial charge < -0.3 is 10.1 Å². The van der Waals surface area contributed by atoms with Gasteiger partial charge in [-0.1, -0.05) is 27.5 Å². The van der Waals surface area contributed by atoms with Crippen LogP contribution in [0.1, 0.15) is 12.7 Å². The molecule has 0 fully saturated rings. The zero-order chi connectivity index (χ0) is 14.5. The Labute approximate surface area is 139 Å². The molecule has 1 N–H and O–H groups in total. The number of anilines is 2. The second kappa shape index (κ2) is 7.36. The van der Waals surface area contributed by atoms with Crippen molar-refractivity contribution in [3.05, 3.63) is 44.2 Å². The highest BCUT2D eigenvalue weighted by Gasteiger charge is 2.06. The predicted octanol–water partition coefficient (Wildman–Crippen LogP) is 4.94. The molecule has 0 bridgehead atoms. The zero-order valence-corrected chi connectivity index (χ0v) is 14.6. The van der Waals surface area contributed by atoms with Crippen LogP contribution in [0.5, 0.6) is 0 Å². The lowest BCUT2D eigenvalue weighted by molar-refractivity contribution is 0.128. The van der Waals surface area contributed by atoms with Gasteiger partial charge in [0, 0.05) is 21.6 Å². The molecule has 0 saturated heterocycles. The minimum Gasteiger partial charge on any atom is -0.374 e. The Hall–Kier alpha value is -0.690.